The second-order valence-corrected chi connectivity index (χ2v) is 7.38. The van der Waals surface area contributed by atoms with Gasteiger partial charge in [-0.3, -0.25) is 9.59 Å². The van der Waals surface area contributed by atoms with Gasteiger partial charge in [0.2, 0.25) is 5.91 Å². The molecule has 0 unspecified atom stereocenters. The Hall–Kier alpha value is -3.28. The first-order valence-corrected chi connectivity index (χ1v) is 9.98. The molecule has 1 fully saturated rings. The van der Waals surface area contributed by atoms with Gasteiger partial charge in [0.1, 0.15) is 11.5 Å². The van der Waals surface area contributed by atoms with Crippen molar-refractivity contribution in [3.63, 3.8) is 0 Å². The molecule has 6 nitrogen and oxygen atoms in total. The third kappa shape index (κ3) is 4.82. The van der Waals surface area contributed by atoms with Crippen molar-refractivity contribution in [1.82, 2.24) is 9.80 Å². The largest absolute Gasteiger partial charge is 0.497 e. The first-order valence-electron chi connectivity index (χ1n) is 9.98. The van der Waals surface area contributed by atoms with Gasteiger partial charge in [0.05, 0.1) is 19.8 Å². The van der Waals surface area contributed by atoms with Crippen molar-refractivity contribution in [2.45, 2.75) is 13.8 Å². The maximum atomic E-state index is 12.9. The lowest BCUT2D eigenvalue weighted by molar-refractivity contribution is -0.127. The third-order valence-electron chi connectivity index (χ3n) is 5.35. The van der Waals surface area contributed by atoms with Crippen molar-refractivity contribution >= 4 is 17.9 Å². The summed E-state index contributed by atoms with van der Waals surface area (Å²) in [6.45, 7) is 6.05. The number of rotatable bonds is 5. The number of amides is 2. The van der Waals surface area contributed by atoms with Gasteiger partial charge in [-0.1, -0.05) is 23.8 Å². The highest BCUT2D eigenvalue weighted by atomic mass is 16.5. The summed E-state index contributed by atoms with van der Waals surface area (Å²) in [5.41, 5.74) is 3.87. The van der Waals surface area contributed by atoms with Crippen LogP contribution in [0.3, 0.4) is 0 Å². The van der Waals surface area contributed by atoms with E-state index in [1.807, 2.05) is 32.1 Å². The van der Waals surface area contributed by atoms with E-state index in [-0.39, 0.29) is 11.8 Å². The summed E-state index contributed by atoms with van der Waals surface area (Å²) in [6, 6.07) is 11.3. The lowest BCUT2D eigenvalue weighted by atomic mass is 10.1. The van der Waals surface area contributed by atoms with E-state index < -0.39 is 0 Å². The van der Waals surface area contributed by atoms with E-state index in [0.29, 0.717) is 43.2 Å². The van der Waals surface area contributed by atoms with Gasteiger partial charge in [-0.25, -0.2) is 0 Å². The Kier molecular flexibility index (Phi) is 6.77. The zero-order valence-electron chi connectivity index (χ0n) is 18.0. The molecule has 2 amide bonds. The van der Waals surface area contributed by atoms with Gasteiger partial charge in [-0.15, -0.1) is 0 Å². The van der Waals surface area contributed by atoms with Crippen molar-refractivity contribution in [3.8, 4) is 11.5 Å². The minimum atomic E-state index is -0.104. The number of hydrogen-bond acceptors (Lipinski definition) is 4. The van der Waals surface area contributed by atoms with E-state index >= 15 is 0 Å². The average molecular weight is 408 g/mol. The predicted octanol–water partition coefficient (Wildman–Crippen LogP) is 3.32. The van der Waals surface area contributed by atoms with Crippen LogP contribution in [-0.4, -0.2) is 62.0 Å². The lowest BCUT2D eigenvalue weighted by Crippen LogP contribution is -2.50. The number of carbonyl (C=O) groups is 2. The summed E-state index contributed by atoms with van der Waals surface area (Å²) in [4.78, 5) is 29.0. The number of nitrogens with zero attached hydrogens (tertiary/aromatic N) is 2. The Morgan fingerprint density at radius 1 is 0.900 bits per heavy atom. The van der Waals surface area contributed by atoms with Crippen LogP contribution in [0.4, 0.5) is 0 Å². The van der Waals surface area contributed by atoms with Crippen molar-refractivity contribution in [2.75, 3.05) is 40.4 Å². The minimum absolute atomic E-state index is 0.0379. The molecule has 1 aliphatic rings. The quantitative estimate of drug-likeness (QED) is 0.712. The first-order chi connectivity index (χ1) is 14.4. The molecule has 0 spiro atoms. The zero-order chi connectivity index (χ0) is 21.7. The van der Waals surface area contributed by atoms with Crippen molar-refractivity contribution < 1.29 is 19.1 Å². The highest BCUT2D eigenvalue weighted by Gasteiger charge is 2.26. The molecule has 2 aromatic rings. The first kappa shape index (κ1) is 21.4. The molecule has 1 heterocycles. The molecule has 0 radical (unpaired) electrons. The number of methoxy groups -OCH3 is 2. The number of piperazine rings is 1. The summed E-state index contributed by atoms with van der Waals surface area (Å²) in [7, 11) is 3.10. The van der Waals surface area contributed by atoms with Crippen LogP contribution in [0.1, 0.15) is 27.0 Å². The van der Waals surface area contributed by atoms with E-state index in [4.69, 9.17) is 9.47 Å². The van der Waals surface area contributed by atoms with Gasteiger partial charge in [-0.05, 0) is 43.2 Å². The molecule has 1 saturated heterocycles. The van der Waals surface area contributed by atoms with Crippen LogP contribution >= 0.6 is 0 Å². The van der Waals surface area contributed by atoms with Crippen LogP contribution in [0.15, 0.2) is 42.5 Å². The molecule has 30 heavy (non-hydrogen) atoms. The molecule has 6 heteroatoms. The summed E-state index contributed by atoms with van der Waals surface area (Å²) >= 11 is 0. The third-order valence-corrected chi connectivity index (χ3v) is 5.35. The molecule has 0 N–H and O–H groups in total. The topological polar surface area (TPSA) is 59.1 Å². The molecule has 1 aliphatic heterocycles. The number of aryl methyl sites for hydroxylation is 2. The molecule has 0 aliphatic carbocycles. The Labute approximate surface area is 177 Å². The normalized spacial score (nSPS) is 14.1. The van der Waals surface area contributed by atoms with Crippen LogP contribution in [0, 0.1) is 13.8 Å². The Morgan fingerprint density at radius 2 is 1.60 bits per heavy atom. The Morgan fingerprint density at radius 3 is 2.23 bits per heavy atom. The molecular formula is C24H28N2O4. The number of benzene rings is 2. The minimum Gasteiger partial charge on any atom is -0.497 e. The Balaban J connectivity index is 1.61. The van der Waals surface area contributed by atoms with E-state index in [0.717, 1.165) is 11.1 Å². The summed E-state index contributed by atoms with van der Waals surface area (Å²) in [5.74, 6) is 0.972. The molecule has 0 atom stereocenters. The SMILES string of the molecule is COc1ccc(C(=O)N2CCN(C(=O)/C=C/c3ccc(C)cc3C)CC2)c(OC)c1. The van der Waals surface area contributed by atoms with Gasteiger partial charge in [0.25, 0.3) is 5.91 Å². The van der Waals surface area contributed by atoms with Gasteiger partial charge in [0, 0.05) is 38.3 Å². The summed E-state index contributed by atoms with van der Waals surface area (Å²) in [5, 5.41) is 0. The molecule has 0 bridgehead atoms. The maximum absolute atomic E-state index is 12.9. The zero-order valence-corrected chi connectivity index (χ0v) is 18.0. The molecular weight excluding hydrogens is 380 g/mol. The number of carbonyl (C=O) groups excluding carboxylic acids is 2. The summed E-state index contributed by atoms with van der Waals surface area (Å²) in [6.07, 6.45) is 3.47. The number of ether oxygens (including phenoxy) is 2. The fourth-order valence-corrected chi connectivity index (χ4v) is 3.55. The second-order valence-electron chi connectivity index (χ2n) is 7.38. The molecule has 3 rings (SSSR count). The van der Waals surface area contributed by atoms with Gasteiger partial charge in [-0.2, -0.15) is 0 Å². The Bertz CT molecular complexity index is 960. The standard InChI is InChI=1S/C24H28N2O4/c1-17-5-6-19(18(2)15-17)7-10-23(27)25-11-13-26(14-12-25)24(28)21-9-8-20(29-3)16-22(21)30-4/h5-10,15-16H,11-14H2,1-4H3/b10-7+. The van der Waals surface area contributed by atoms with E-state index in [1.54, 1.807) is 41.2 Å². The lowest BCUT2D eigenvalue weighted by Gasteiger charge is -2.34. The van der Waals surface area contributed by atoms with Crippen molar-refractivity contribution in [3.05, 3.63) is 64.7 Å². The van der Waals surface area contributed by atoms with Gasteiger partial charge < -0.3 is 19.3 Å². The van der Waals surface area contributed by atoms with Crippen molar-refractivity contribution in [2.24, 2.45) is 0 Å². The van der Waals surface area contributed by atoms with Gasteiger partial charge >= 0.3 is 0 Å². The number of hydrogen-bond donors (Lipinski definition) is 0. The molecule has 158 valence electrons. The highest BCUT2D eigenvalue weighted by Crippen LogP contribution is 2.26. The van der Waals surface area contributed by atoms with Crippen LogP contribution in [0.2, 0.25) is 0 Å². The fourth-order valence-electron chi connectivity index (χ4n) is 3.55. The van der Waals surface area contributed by atoms with Crippen LogP contribution in [0.5, 0.6) is 11.5 Å². The monoisotopic (exact) mass is 408 g/mol. The van der Waals surface area contributed by atoms with Gasteiger partial charge in [0.15, 0.2) is 0 Å². The smallest absolute Gasteiger partial charge is 0.257 e. The predicted molar refractivity (Wildman–Crippen MR) is 117 cm³/mol. The van der Waals surface area contributed by atoms with Crippen LogP contribution < -0.4 is 9.47 Å². The van der Waals surface area contributed by atoms with Crippen molar-refractivity contribution in [1.29, 1.82) is 0 Å². The molecule has 0 aromatic heterocycles. The fraction of sp³-hybridized carbons (Fsp3) is 0.333. The highest BCUT2D eigenvalue weighted by molar-refractivity contribution is 5.97. The van der Waals surface area contributed by atoms with Crippen LogP contribution in [0.25, 0.3) is 6.08 Å². The van der Waals surface area contributed by atoms with Crippen LogP contribution in [-0.2, 0) is 4.79 Å². The maximum Gasteiger partial charge on any atom is 0.257 e. The molecule has 2 aromatic carbocycles. The second kappa shape index (κ2) is 9.48. The van der Waals surface area contributed by atoms with E-state index in [1.165, 1.54) is 12.7 Å². The average Bonchev–Trinajstić information content (AvgIpc) is 2.77. The summed E-state index contributed by atoms with van der Waals surface area (Å²) < 4.78 is 10.5. The van der Waals surface area contributed by atoms with E-state index in [2.05, 4.69) is 6.07 Å². The van der Waals surface area contributed by atoms with E-state index in [9.17, 15) is 9.59 Å². The molecule has 0 saturated carbocycles.